The highest BCUT2D eigenvalue weighted by molar-refractivity contribution is 6.33. The van der Waals surface area contributed by atoms with Crippen molar-refractivity contribution in [2.24, 2.45) is 0 Å². The molecule has 0 saturated carbocycles. The minimum Gasteiger partial charge on any atom is -0.494 e. The van der Waals surface area contributed by atoms with Crippen molar-refractivity contribution in [3.63, 3.8) is 0 Å². The van der Waals surface area contributed by atoms with Gasteiger partial charge in [0.1, 0.15) is 22.9 Å². The molecule has 0 unspecified atom stereocenters. The standard InChI is InChI=1S/C24H27N7O2/c1-4-26-13-19-21(25)22(28-14(3)16-8-6-7-11-27-16)20(24(32)31-19)23-29-17-10-9-15(33-5-2)12-18(17)30-23/h6-14,25-26,28H,4-5H2,1-3H3,(H,29,30)(H,31,32)/b19-13+,25-21?/t14-/m0/s1. The summed E-state index contributed by atoms with van der Waals surface area (Å²) in [5.74, 6) is 0.738. The van der Waals surface area contributed by atoms with E-state index in [9.17, 15) is 4.79 Å². The highest BCUT2D eigenvalue weighted by atomic mass is 16.5. The number of H-pyrrole nitrogens is 1. The number of nitrogens with one attached hydrogen (secondary N) is 5. The highest BCUT2D eigenvalue weighted by Gasteiger charge is 2.32. The molecule has 1 aliphatic heterocycles. The number of carbonyl (C=O) groups excluding carboxylic acids is 1. The number of imidazole rings is 1. The molecule has 0 saturated heterocycles. The SMILES string of the molecule is CCN/C=C1/NC(=O)C(c2nc3ccc(OCC)cc3[nH]2)=C(N[C@@H](C)c2ccccn2)C1=N. The van der Waals surface area contributed by atoms with Crippen molar-refractivity contribution in [3.05, 3.63) is 71.7 Å². The van der Waals surface area contributed by atoms with Crippen LogP contribution in [0.2, 0.25) is 0 Å². The van der Waals surface area contributed by atoms with Gasteiger partial charge in [-0.2, -0.15) is 0 Å². The smallest absolute Gasteiger partial charge is 0.261 e. The van der Waals surface area contributed by atoms with E-state index in [4.69, 9.17) is 10.1 Å². The zero-order valence-corrected chi connectivity index (χ0v) is 18.8. The third-order valence-electron chi connectivity index (χ3n) is 5.19. The van der Waals surface area contributed by atoms with Crippen molar-refractivity contribution >= 4 is 28.2 Å². The number of rotatable bonds is 8. The Kier molecular flexibility index (Phi) is 6.39. The van der Waals surface area contributed by atoms with Crippen molar-refractivity contribution in [2.75, 3.05) is 13.2 Å². The third kappa shape index (κ3) is 4.57. The summed E-state index contributed by atoms with van der Waals surface area (Å²) >= 11 is 0. The molecule has 9 nitrogen and oxygen atoms in total. The first-order valence-corrected chi connectivity index (χ1v) is 10.9. The number of fused-ring (bicyclic) bond motifs is 1. The molecule has 33 heavy (non-hydrogen) atoms. The summed E-state index contributed by atoms with van der Waals surface area (Å²) in [5, 5.41) is 18.0. The average molecular weight is 446 g/mol. The molecule has 3 aromatic rings. The molecule has 2 aromatic heterocycles. The number of aromatic nitrogens is 3. The zero-order valence-electron chi connectivity index (χ0n) is 18.8. The quantitative estimate of drug-likeness (QED) is 0.363. The first-order chi connectivity index (χ1) is 16.0. The maximum atomic E-state index is 13.2. The lowest BCUT2D eigenvalue weighted by molar-refractivity contribution is -0.115. The van der Waals surface area contributed by atoms with Gasteiger partial charge in [-0.3, -0.25) is 15.2 Å². The van der Waals surface area contributed by atoms with Crippen LogP contribution in [0.15, 0.2) is 60.2 Å². The number of carbonyl (C=O) groups is 1. The Morgan fingerprint density at radius 1 is 1.24 bits per heavy atom. The molecule has 1 aromatic carbocycles. The highest BCUT2D eigenvalue weighted by Crippen LogP contribution is 2.28. The lowest BCUT2D eigenvalue weighted by Gasteiger charge is -2.26. The molecule has 3 heterocycles. The molecular weight excluding hydrogens is 418 g/mol. The first-order valence-electron chi connectivity index (χ1n) is 10.9. The molecule has 1 atom stereocenters. The number of hydrogen-bond donors (Lipinski definition) is 5. The van der Waals surface area contributed by atoms with E-state index < -0.39 is 0 Å². The van der Waals surface area contributed by atoms with E-state index in [2.05, 4.69) is 30.9 Å². The second-order valence-corrected chi connectivity index (χ2v) is 7.51. The number of benzene rings is 1. The van der Waals surface area contributed by atoms with E-state index in [-0.39, 0.29) is 23.2 Å². The molecular formula is C24H27N7O2. The van der Waals surface area contributed by atoms with E-state index in [1.165, 1.54) is 0 Å². The van der Waals surface area contributed by atoms with Gasteiger partial charge in [-0.25, -0.2) is 4.98 Å². The second-order valence-electron chi connectivity index (χ2n) is 7.51. The van der Waals surface area contributed by atoms with Gasteiger partial charge in [0.05, 0.1) is 40.8 Å². The van der Waals surface area contributed by atoms with Crippen LogP contribution in [0.5, 0.6) is 5.75 Å². The van der Waals surface area contributed by atoms with Crippen molar-refractivity contribution < 1.29 is 9.53 Å². The molecule has 170 valence electrons. The maximum absolute atomic E-state index is 13.2. The van der Waals surface area contributed by atoms with Crippen molar-refractivity contribution in [1.29, 1.82) is 5.41 Å². The first kappa shape index (κ1) is 22.1. The largest absolute Gasteiger partial charge is 0.494 e. The fraction of sp³-hybridized carbons (Fsp3) is 0.250. The van der Waals surface area contributed by atoms with E-state index in [1.807, 2.05) is 57.2 Å². The average Bonchev–Trinajstić information content (AvgIpc) is 3.23. The number of aromatic amines is 1. The van der Waals surface area contributed by atoms with Gasteiger partial charge in [0.15, 0.2) is 0 Å². The van der Waals surface area contributed by atoms with Crippen LogP contribution in [-0.4, -0.2) is 39.7 Å². The fourth-order valence-electron chi connectivity index (χ4n) is 3.59. The summed E-state index contributed by atoms with van der Waals surface area (Å²) in [6.45, 7) is 7.03. The minimum absolute atomic E-state index is 0.156. The van der Waals surface area contributed by atoms with Gasteiger partial charge in [-0.05, 0) is 45.0 Å². The van der Waals surface area contributed by atoms with Crippen molar-refractivity contribution in [2.45, 2.75) is 26.8 Å². The predicted molar refractivity (Wildman–Crippen MR) is 128 cm³/mol. The normalized spacial score (nSPS) is 16.2. The maximum Gasteiger partial charge on any atom is 0.261 e. The second kappa shape index (κ2) is 9.56. The lowest BCUT2D eigenvalue weighted by Crippen LogP contribution is -2.41. The zero-order chi connectivity index (χ0) is 23.4. The summed E-state index contributed by atoms with van der Waals surface area (Å²) in [6.07, 6.45) is 3.35. The minimum atomic E-state index is -0.352. The van der Waals surface area contributed by atoms with E-state index in [0.717, 1.165) is 11.2 Å². The van der Waals surface area contributed by atoms with Crippen molar-refractivity contribution in [1.82, 2.24) is 30.9 Å². The Labute approximate surface area is 191 Å². The van der Waals surface area contributed by atoms with Crippen LogP contribution in [-0.2, 0) is 4.79 Å². The Bertz CT molecular complexity index is 1240. The van der Waals surface area contributed by atoms with Crippen LogP contribution < -0.4 is 20.7 Å². The fourth-order valence-corrected chi connectivity index (χ4v) is 3.59. The molecule has 1 aliphatic rings. The van der Waals surface area contributed by atoms with Gasteiger partial charge in [-0.15, -0.1) is 0 Å². The Hall–Kier alpha value is -4.14. The predicted octanol–water partition coefficient (Wildman–Crippen LogP) is 3.02. The molecule has 4 rings (SSSR count). The molecule has 0 aliphatic carbocycles. The molecule has 0 radical (unpaired) electrons. The van der Waals surface area contributed by atoms with Gasteiger partial charge >= 0.3 is 0 Å². The number of pyridine rings is 1. The summed E-state index contributed by atoms with van der Waals surface area (Å²) in [7, 11) is 0. The van der Waals surface area contributed by atoms with Crippen LogP contribution >= 0.6 is 0 Å². The summed E-state index contributed by atoms with van der Waals surface area (Å²) in [5.41, 5.74) is 3.43. The van der Waals surface area contributed by atoms with Gasteiger partial charge < -0.3 is 25.7 Å². The Morgan fingerprint density at radius 2 is 2.09 bits per heavy atom. The summed E-state index contributed by atoms with van der Waals surface area (Å²) in [6, 6.07) is 10.9. The molecule has 5 N–H and O–H groups in total. The molecule has 0 bridgehead atoms. The third-order valence-corrected chi connectivity index (χ3v) is 5.19. The molecule has 0 fully saturated rings. The molecule has 9 heteroatoms. The van der Waals surface area contributed by atoms with Gasteiger partial charge in [0.2, 0.25) is 0 Å². The van der Waals surface area contributed by atoms with Crippen LogP contribution in [0.4, 0.5) is 0 Å². The Balaban J connectivity index is 1.81. The van der Waals surface area contributed by atoms with E-state index in [0.29, 0.717) is 41.6 Å². The van der Waals surface area contributed by atoms with E-state index >= 15 is 0 Å². The number of amides is 1. The summed E-state index contributed by atoms with van der Waals surface area (Å²) < 4.78 is 5.57. The number of nitrogens with zero attached hydrogens (tertiary/aromatic N) is 2. The topological polar surface area (TPSA) is 128 Å². The lowest BCUT2D eigenvalue weighted by atomic mass is 10.0. The number of ether oxygens (including phenoxy) is 1. The van der Waals surface area contributed by atoms with Crippen LogP contribution in [0.3, 0.4) is 0 Å². The molecule has 1 amide bonds. The van der Waals surface area contributed by atoms with Gasteiger partial charge in [0, 0.05) is 25.0 Å². The van der Waals surface area contributed by atoms with Crippen molar-refractivity contribution in [3.8, 4) is 5.75 Å². The van der Waals surface area contributed by atoms with E-state index in [1.54, 1.807) is 12.4 Å². The monoisotopic (exact) mass is 445 g/mol. The van der Waals surface area contributed by atoms with Crippen LogP contribution in [0, 0.1) is 5.41 Å². The Morgan fingerprint density at radius 3 is 2.82 bits per heavy atom. The van der Waals surface area contributed by atoms with Gasteiger partial charge in [-0.1, -0.05) is 6.07 Å². The molecule has 0 spiro atoms. The van der Waals surface area contributed by atoms with Crippen LogP contribution in [0.25, 0.3) is 16.6 Å². The van der Waals surface area contributed by atoms with Crippen LogP contribution in [0.1, 0.15) is 38.3 Å². The number of hydrogen-bond acceptors (Lipinski definition) is 7. The van der Waals surface area contributed by atoms with Gasteiger partial charge in [0.25, 0.3) is 5.91 Å². The summed E-state index contributed by atoms with van der Waals surface area (Å²) in [4.78, 5) is 25.5.